The predicted molar refractivity (Wildman–Crippen MR) is 91.2 cm³/mol. The minimum absolute atomic E-state index is 0.126. The van der Waals surface area contributed by atoms with Gasteiger partial charge in [-0.05, 0) is 81.0 Å². The van der Waals surface area contributed by atoms with Crippen LogP contribution in [0.3, 0.4) is 0 Å². The summed E-state index contributed by atoms with van der Waals surface area (Å²) in [6.45, 7) is 10.2. The molecule has 0 radical (unpaired) electrons. The minimum Gasteiger partial charge on any atom is -0.444 e. The van der Waals surface area contributed by atoms with Gasteiger partial charge in [-0.1, -0.05) is 0 Å². The quantitative estimate of drug-likeness (QED) is 0.767. The summed E-state index contributed by atoms with van der Waals surface area (Å²) in [5.74, 6) is 0. The molecule has 2 N–H and O–H groups in total. The van der Waals surface area contributed by atoms with Gasteiger partial charge >= 0.3 is 6.09 Å². The fourth-order valence-electron chi connectivity index (χ4n) is 1.66. The Morgan fingerprint density at radius 3 is 2.60 bits per heavy atom. The van der Waals surface area contributed by atoms with Gasteiger partial charge in [0.1, 0.15) is 5.60 Å². The number of aryl methyl sites for hydroxylation is 1. The Balaban J connectivity index is 2.44. The van der Waals surface area contributed by atoms with Crippen molar-refractivity contribution in [2.75, 3.05) is 11.9 Å². The van der Waals surface area contributed by atoms with Gasteiger partial charge in [-0.15, -0.1) is 0 Å². The van der Waals surface area contributed by atoms with Gasteiger partial charge in [0.2, 0.25) is 0 Å². The molecular formula is C15H23IN2O2. The second-order valence-electron chi connectivity index (χ2n) is 5.89. The first kappa shape index (κ1) is 17.1. The molecule has 1 aromatic rings. The maximum Gasteiger partial charge on any atom is 0.407 e. The number of alkyl carbamates (subject to hydrolysis) is 1. The van der Waals surface area contributed by atoms with E-state index in [0.29, 0.717) is 6.54 Å². The molecule has 1 aromatic carbocycles. The maximum absolute atomic E-state index is 11.6. The molecule has 0 aromatic heterocycles. The number of amides is 1. The third-order valence-corrected chi connectivity index (χ3v) is 3.21. The van der Waals surface area contributed by atoms with Crippen LogP contribution in [0.4, 0.5) is 10.5 Å². The number of benzene rings is 1. The number of rotatable bonds is 4. The third kappa shape index (κ3) is 6.45. The fraction of sp³-hybridized carbons (Fsp3) is 0.533. The van der Waals surface area contributed by atoms with Gasteiger partial charge in [0.05, 0.1) is 0 Å². The van der Waals surface area contributed by atoms with Crippen molar-refractivity contribution in [1.29, 1.82) is 0 Å². The minimum atomic E-state index is -0.465. The van der Waals surface area contributed by atoms with Gasteiger partial charge in [-0.2, -0.15) is 0 Å². The number of ether oxygens (including phenoxy) is 1. The van der Waals surface area contributed by atoms with Crippen molar-refractivity contribution in [1.82, 2.24) is 5.32 Å². The summed E-state index contributed by atoms with van der Waals surface area (Å²) >= 11 is 2.29. The van der Waals surface area contributed by atoms with E-state index in [0.717, 1.165) is 5.69 Å². The molecule has 1 amide bonds. The zero-order chi connectivity index (χ0) is 15.3. The van der Waals surface area contributed by atoms with E-state index in [2.05, 4.69) is 58.3 Å². The number of hydrogen-bond acceptors (Lipinski definition) is 3. The summed E-state index contributed by atoms with van der Waals surface area (Å²) in [5.41, 5.74) is 1.82. The fourth-order valence-corrected chi connectivity index (χ4v) is 2.30. The number of anilines is 1. The highest BCUT2D eigenvalue weighted by atomic mass is 127. The number of carbonyl (C=O) groups excluding carboxylic acids is 1. The molecule has 0 saturated heterocycles. The van der Waals surface area contributed by atoms with Crippen LogP contribution >= 0.6 is 22.6 Å². The van der Waals surface area contributed by atoms with E-state index in [1.165, 1.54) is 9.13 Å². The predicted octanol–water partition coefficient (Wildman–Crippen LogP) is 3.92. The normalized spacial score (nSPS) is 12.7. The Hall–Kier alpha value is -0.980. The lowest BCUT2D eigenvalue weighted by atomic mass is 10.2. The lowest BCUT2D eigenvalue weighted by Crippen LogP contribution is -2.38. The van der Waals surface area contributed by atoms with Crippen molar-refractivity contribution in [3.05, 3.63) is 27.3 Å². The van der Waals surface area contributed by atoms with E-state index in [-0.39, 0.29) is 12.1 Å². The van der Waals surface area contributed by atoms with Crippen LogP contribution in [0, 0.1) is 10.5 Å². The van der Waals surface area contributed by atoms with Crippen LogP contribution in [0.25, 0.3) is 0 Å². The Kier molecular flexibility index (Phi) is 6.10. The summed E-state index contributed by atoms with van der Waals surface area (Å²) in [6.07, 6.45) is -0.384. The molecule has 20 heavy (non-hydrogen) atoms. The van der Waals surface area contributed by atoms with Crippen LogP contribution in [-0.2, 0) is 4.74 Å². The van der Waals surface area contributed by atoms with E-state index in [1.807, 2.05) is 27.7 Å². The van der Waals surface area contributed by atoms with E-state index < -0.39 is 5.60 Å². The van der Waals surface area contributed by atoms with Crippen LogP contribution in [0.15, 0.2) is 18.2 Å². The smallest absolute Gasteiger partial charge is 0.407 e. The van der Waals surface area contributed by atoms with Gasteiger partial charge < -0.3 is 15.4 Å². The highest BCUT2D eigenvalue weighted by molar-refractivity contribution is 14.1. The first-order valence-electron chi connectivity index (χ1n) is 6.67. The Bertz CT molecular complexity index is 469. The zero-order valence-corrected chi connectivity index (χ0v) is 14.9. The first-order chi connectivity index (χ1) is 9.17. The standard InChI is InChI=1S/C15H23IN2O2/c1-10-8-12(16)6-7-13(10)18-11(2)9-17-14(19)20-15(3,4)5/h6-8,11,18H,9H2,1-5H3,(H,17,19). The summed E-state index contributed by atoms with van der Waals surface area (Å²) < 4.78 is 6.41. The monoisotopic (exact) mass is 390 g/mol. The molecule has 0 bridgehead atoms. The molecule has 0 saturated carbocycles. The Morgan fingerprint density at radius 2 is 2.05 bits per heavy atom. The van der Waals surface area contributed by atoms with Crippen LogP contribution in [0.5, 0.6) is 0 Å². The molecule has 4 nitrogen and oxygen atoms in total. The molecule has 1 rings (SSSR count). The van der Waals surface area contributed by atoms with Crippen molar-refractivity contribution in [3.63, 3.8) is 0 Å². The Morgan fingerprint density at radius 1 is 1.40 bits per heavy atom. The van der Waals surface area contributed by atoms with Gasteiger partial charge in [0, 0.05) is 21.8 Å². The summed E-state index contributed by atoms with van der Waals surface area (Å²) in [5, 5.41) is 6.15. The first-order valence-corrected chi connectivity index (χ1v) is 7.75. The topological polar surface area (TPSA) is 50.4 Å². The summed E-state index contributed by atoms with van der Waals surface area (Å²) in [6, 6.07) is 6.36. The van der Waals surface area contributed by atoms with E-state index >= 15 is 0 Å². The number of halogens is 1. The largest absolute Gasteiger partial charge is 0.444 e. The van der Waals surface area contributed by atoms with Crippen molar-refractivity contribution in [3.8, 4) is 0 Å². The molecule has 1 unspecified atom stereocenters. The summed E-state index contributed by atoms with van der Waals surface area (Å²) in [7, 11) is 0. The maximum atomic E-state index is 11.6. The molecule has 0 fully saturated rings. The van der Waals surface area contributed by atoms with E-state index in [4.69, 9.17) is 4.74 Å². The number of carbonyl (C=O) groups is 1. The van der Waals surface area contributed by atoms with Crippen molar-refractivity contribution < 1.29 is 9.53 Å². The van der Waals surface area contributed by atoms with Crippen LogP contribution in [0.2, 0.25) is 0 Å². The second-order valence-corrected chi connectivity index (χ2v) is 7.13. The highest BCUT2D eigenvalue weighted by Crippen LogP contribution is 2.18. The lowest BCUT2D eigenvalue weighted by Gasteiger charge is -2.22. The van der Waals surface area contributed by atoms with Gasteiger partial charge in [-0.25, -0.2) is 4.79 Å². The number of hydrogen-bond donors (Lipinski definition) is 2. The number of nitrogens with one attached hydrogen (secondary N) is 2. The SMILES string of the molecule is Cc1cc(I)ccc1NC(C)CNC(=O)OC(C)(C)C. The van der Waals surface area contributed by atoms with Gasteiger partial charge in [-0.3, -0.25) is 0 Å². The van der Waals surface area contributed by atoms with Crippen molar-refractivity contribution in [2.24, 2.45) is 0 Å². The molecule has 0 aliphatic rings. The van der Waals surface area contributed by atoms with Crippen molar-refractivity contribution >= 4 is 34.4 Å². The highest BCUT2D eigenvalue weighted by Gasteiger charge is 2.16. The molecule has 0 aliphatic heterocycles. The zero-order valence-electron chi connectivity index (χ0n) is 12.7. The molecule has 0 spiro atoms. The average Bonchev–Trinajstić information content (AvgIpc) is 2.28. The molecule has 1 atom stereocenters. The van der Waals surface area contributed by atoms with Gasteiger partial charge in [0.15, 0.2) is 0 Å². The second kappa shape index (κ2) is 7.15. The Labute approximate surface area is 134 Å². The van der Waals surface area contributed by atoms with Gasteiger partial charge in [0.25, 0.3) is 0 Å². The van der Waals surface area contributed by atoms with E-state index in [9.17, 15) is 4.79 Å². The van der Waals surface area contributed by atoms with E-state index in [1.54, 1.807) is 0 Å². The van der Waals surface area contributed by atoms with Crippen molar-refractivity contribution in [2.45, 2.75) is 46.3 Å². The average molecular weight is 390 g/mol. The summed E-state index contributed by atoms with van der Waals surface area (Å²) in [4.78, 5) is 11.6. The molecule has 112 valence electrons. The molecule has 5 heteroatoms. The molecule has 0 heterocycles. The molecule has 0 aliphatic carbocycles. The van der Waals surface area contributed by atoms with Crippen LogP contribution < -0.4 is 10.6 Å². The third-order valence-electron chi connectivity index (χ3n) is 2.54. The molecular weight excluding hydrogens is 367 g/mol. The van der Waals surface area contributed by atoms with Crippen LogP contribution in [0.1, 0.15) is 33.3 Å². The van der Waals surface area contributed by atoms with Crippen LogP contribution in [-0.4, -0.2) is 24.3 Å². The lowest BCUT2D eigenvalue weighted by molar-refractivity contribution is 0.0526.